The number of rotatable bonds is 6. The van der Waals surface area contributed by atoms with Gasteiger partial charge in [-0.15, -0.1) is 10.2 Å². The molecular weight excluding hydrogens is 278 g/mol. The van der Waals surface area contributed by atoms with Crippen LogP contribution in [0.3, 0.4) is 0 Å². The molecule has 0 saturated heterocycles. The molecule has 0 aliphatic heterocycles. The van der Waals surface area contributed by atoms with Crippen molar-refractivity contribution in [3.05, 3.63) is 47.5 Å². The average Bonchev–Trinajstić information content (AvgIpc) is 2.82. The first-order valence-electron chi connectivity index (χ1n) is 6.08. The molecule has 20 heavy (non-hydrogen) atoms. The zero-order chi connectivity index (χ0) is 14.6. The second-order valence-corrected chi connectivity index (χ2v) is 6.27. The molecule has 0 amide bonds. The molecule has 1 aromatic heterocycles. The molecule has 0 unspecified atom stereocenters. The summed E-state index contributed by atoms with van der Waals surface area (Å²) >= 11 is 0. The molecule has 0 aliphatic carbocycles. The lowest BCUT2D eigenvalue weighted by atomic mass is 10.1. The van der Waals surface area contributed by atoms with Gasteiger partial charge in [-0.05, 0) is 11.1 Å². The summed E-state index contributed by atoms with van der Waals surface area (Å²) in [7, 11) is -1.67. The van der Waals surface area contributed by atoms with Crippen molar-refractivity contribution in [2.24, 2.45) is 12.8 Å². The van der Waals surface area contributed by atoms with Crippen molar-refractivity contribution in [1.82, 2.24) is 19.5 Å². The van der Waals surface area contributed by atoms with Gasteiger partial charge in [0.15, 0.2) is 0 Å². The van der Waals surface area contributed by atoms with Gasteiger partial charge < -0.3 is 10.3 Å². The van der Waals surface area contributed by atoms with Gasteiger partial charge in [-0.25, -0.2) is 13.1 Å². The van der Waals surface area contributed by atoms with Crippen LogP contribution in [0.15, 0.2) is 30.6 Å². The monoisotopic (exact) mass is 295 g/mol. The zero-order valence-corrected chi connectivity index (χ0v) is 12.0. The molecule has 3 N–H and O–H groups in total. The van der Waals surface area contributed by atoms with E-state index in [1.807, 2.05) is 6.07 Å². The van der Waals surface area contributed by atoms with Crippen molar-refractivity contribution < 1.29 is 8.42 Å². The fraction of sp³-hybridized carbons (Fsp3) is 0.333. The number of hydrogen-bond donors (Lipinski definition) is 2. The number of nitrogens with two attached hydrogens (primary N) is 1. The van der Waals surface area contributed by atoms with Gasteiger partial charge >= 0.3 is 0 Å². The molecular formula is C12H17N5O2S. The van der Waals surface area contributed by atoms with Crippen molar-refractivity contribution in [2.45, 2.75) is 18.8 Å². The third-order valence-electron chi connectivity index (χ3n) is 2.84. The largest absolute Gasteiger partial charge is 0.326 e. The van der Waals surface area contributed by atoms with E-state index in [1.54, 1.807) is 29.8 Å². The maximum absolute atomic E-state index is 12.0. The van der Waals surface area contributed by atoms with Gasteiger partial charge in [-0.1, -0.05) is 24.3 Å². The van der Waals surface area contributed by atoms with Crippen LogP contribution in [0.1, 0.15) is 17.0 Å². The van der Waals surface area contributed by atoms with Crippen LogP contribution in [-0.2, 0) is 35.9 Å². The quantitative estimate of drug-likeness (QED) is 0.774. The maximum atomic E-state index is 12.0. The van der Waals surface area contributed by atoms with E-state index >= 15 is 0 Å². The number of aromatic nitrogens is 3. The van der Waals surface area contributed by atoms with E-state index in [4.69, 9.17) is 5.73 Å². The highest BCUT2D eigenvalue weighted by Crippen LogP contribution is 2.08. The minimum atomic E-state index is -3.42. The molecule has 0 fully saturated rings. The minimum absolute atomic E-state index is 0.0846. The van der Waals surface area contributed by atoms with E-state index < -0.39 is 10.0 Å². The van der Waals surface area contributed by atoms with Crippen LogP contribution in [0, 0.1) is 0 Å². The predicted molar refractivity (Wildman–Crippen MR) is 74.8 cm³/mol. The number of hydrogen-bond acceptors (Lipinski definition) is 5. The summed E-state index contributed by atoms with van der Waals surface area (Å²) in [4.78, 5) is 0. The summed E-state index contributed by atoms with van der Waals surface area (Å²) in [5, 5.41) is 7.52. The molecule has 1 heterocycles. The Bertz CT molecular complexity index is 681. The van der Waals surface area contributed by atoms with Crippen molar-refractivity contribution >= 4 is 10.0 Å². The summed E-state index contributed by atoms with van der Waals surface area (Å²) in [5.74, 6) is 0.475. The van der Waals surface area contributed by atoms with E-state index in [-0.39, 0.29) is 12.3 Å². The molecule has 108 valence electrons. The van der Waals surface area contributed by atoms with Gasteiger partial charge in [-0.3, -0.25) is 0 Å². The van der Waals surface area contributed by atoms with Crippen LogP contribution in [0.25, 0.3) is 0 Å². The Labute approximate surface area is 117 Å². The van der Waals surface area contributed by atoms with Gasteiger partial charge in [0, 0.05) is 13.6 Å². The predicted octanol–water partition coefficient (Wildman–Crippen LogP) is -0.107. The molecule has 0 bridgehead atoms. The first-order chi connectivity index (χ1) is 9.50. The Morgan fingerprint density at radius 2 is 2.10 bits per heavy atom. The van der Waals surface area contributed by atoms with Gasteiger partial charge in [-0.2, -0.15) is 0 Å². The van der Waals surface area contributed by atoms with Crippen molar-refractivity contribution in [3.8, 4) is 0 Å². The Hall–Kier alpha value is -1.77. The summed E-state index contributed by atoms with van der Waals surface area (Å²) in [6.45, 7) is 0.510. The second kappa shape index (κ2) is 6.12. The van der Waals surface area contributed by atoms with Gasteiger partial charge in [0.1, 0.15) is 12.2 Å². The molecule has 8 heteroatoms. The zero-order valence-electron chi connectivity index (χ0n) is 11.2. The lowest BCUT2D eigenvalue weighted by molar-refractivity contribution is 0.576. The number of aryl methyl sites for hydroxylation is 1. The molecule has 1 aromatic carbocycles. The molecule has 2 rings (SSSR count). The summed E-state index contributed by atoms with van der Waals surface area (Å²) in [6.07, 6.45) is 1.52. The van der Waals surface area contributed by atoms with Gasteiger partial charge in [0.2, 0.25) is 10.0 Å². The van der Waals surface area contributed by atoms with Crippen LogP contribution in [0.5, 0.6) is 0 Å². The Morgan fingerprint density at radius 3 is 2.75 bits per heavy atom. The lowest BCUT2D eigenvalue weighted by Crippen LogP contribution is -2.26. The molecule has 0 spiro atoms. The number of nitrogens with one attached hydrogen (secondary N) is 1. The Balaban J connectivity index is 2.02. The molecule has 0 radical (unpaired) electrons. The van der Waals surface area contributed by atoms with Crippen LogP contribution in [-0.4, -0.2) is 23.2 Å². The first kappa shape index (κ1) is 14.6. The van der Waals surface area contributed by atoms with Crippen molar-refractivity contribution in [1.29, 1.82) is 0 Å². The van der Waals surface area contributed by atoms with Crippen LogP contribution < -0.4 is 10.5 Å². The molecule has 0 atom stereocenters. The van der Waals surface area contributed by atoms with E-state index in [0.717, 1.165) is 5.56 Å². The molecule has 0 aliphatic rings. The third-order valence-corrected chi connectivity index (χ3v) is 4.14. The Morgan fingerprint density at radius 1 is 1.35 bits per heavy atom. The molecule has 7 nitrogen and oxygen atoms in total. The summed E-state index contributed by atoms with van der Waals surface area (Å²) in [6, 6.07) is 7.22. The van der Waals surface area contributed by atoms with Crippen molar-refractivity contribution in [2.75, 3.05) is 0 Å². The highest BCUT2D eigenvalue weighted by molar-refractivity contribution is 7.88. The van der Waals surface area contributed by atoms with Gasteiger partial charge in [0.25, 0.3) is 0 Å². The normalized spacial score (nSPS) is 11.7. The van der Waals surface area contributed by atoms with Crippen LogP contribution in [0.4, 0.5) is 0 Å². The van der Waals surface area contributed by atoms with Crippen molar-refractivity contribution in [3.63, 3.8) is 0 Å². The highest BCUT2D eigenvalue weighted by atomic mass is 32.2. The SMILES string of the molecule is Cn1cnnc1CNS(=O)(=O)Cc1cccc(CN)c1. The van der Waals surface area contributed by atoms with Crippen LogP contribution in [0.2, 0.25) is 0 Å². The topological polar surface area (TPSA) is 103 Å². The Kier molecular flexibility index (Phi) is 4.48. The van der Waals surface area contributed by atoms with Gasteiger partial charge in [0.05, 0.1) is 12.3 Å². The van der Waals surface area contributed by atoms with E-state index in [1.165, 1.54) is 6.33 Å². The fourth-order valence-corrected chi connectivity index (χ4v) is 2.83. The molecule has 2 aromatic rings. The minimum Gasteiger partial charge on any atom is -0.326 e. The second-order valence-electron chi connectivity index (χ2n) is 4.46. The summed E-state index contributed by atoms with van der Waals surface area (Å²) < 4.78 is 28.2. The van der Waals surface area contributed by atoms with E-state index in [9.17, 15) is 8.42 Å². The number of nitrogens with zero attached hydrogens (tertiary/aromatic N) is 3. The average molecular weight is 295 g/mol. The number of benzene rings is 1. The first-order valence-corrected chi connectivity index (χ1v) is 7.73. The third kappa shape index (κ3) is 3.86. The highest BCUT2D eigenvalue weighted by Gasteiger charge is 2.13. The maximum Gasteiger partial charge on any atom is 0.216 e. The molecule has 0 saturated carbocycles. The smallest absolute Gasteiger partial charge is 0.216 e. The van der Waals surface area contributed by atoms with Crippen LogP contribution >= 0.6 is 0 Å². The van der Waals surface area contributed by atoms with E-state index in [2.05, 4.69) is 14.9 Å². The lowest BCUT2D eigenvalue weighted by Gasteiger charge is -2.07. The standard InChI is InChI=1S/C12H17N5O2S/c1-17-9-14-16-12(17)7-15-20(18,19)8-11-4-2-3-10(5-11)6-13/h2-5,9,15H,6-8,13H2,1H3. The number of sulfonamides is 1. The van der Waals surface area contributed by atoms with E-state index in [0.29, 0.717) is 17.9 Å². The fourth-order valence-electron chi connectivity index (χ4n) is 1.76. The summed E-state index contributed by atoms with van der Waals surface area (Å²) in [5.41, 5.74) is 7.15.